The number of hydrogen-bond acceptors (Lipinski definition) is 2. The Hall–Kier alpha value is -0.700. The van der Waals surface area contributed by atoms with Crippen molar-refractivity contribution in [1.82, 2.24) is 0 Å². The summed E-state index contributed by atoms with van der Waals surface area (Å²) >= 11 is 1.79. The molecule has 0 amide bonds. The van der Waals surface area contributed by atoms with E-state index in [2.05, 4.69) is 6.26 Å². The van der Waals surface area contributed by atoms with E-state index < -0.39 is 0 Å². The molecular weight excluding hydrogens is 187 g/mol. The van der Waals surface area contributed by atoms with Crippen LogP contribution >= 0.6 is 11.8 Å². The van der Waals surface area contributed by atoms with Crippen LogP contribution in [0.3, 0.4) is 0 Å². The van der Waals surface area contributed by atoms with Gasteiger partial charge in [-0.1, -0.05) is 6.07 Å². The molecule has 3 heteroatoms. The highest BCUT2D eigenvalue weighted by molar-refractivity contribution is 7.98. The van der Waals surface area contributed by atoms with Crippen molar-refractivity contribution in [2.45, 2.75) is 6.42 Å². The van der Waals surface area contributed by atoms with Crippen LogP contribution in [-0.4, -0.2) is 18.6 Å². The summed E-state index contributed by atoms with van der Waals surface area (Å²) in [7, 11) is 0. The van der Waals surface area contributed by atoms with Crippen molar-refractivity contribution in [2.75, 3.05) is 18.6 Å². The Kier molecular flexibility index (Phi) is 4.68. The molecule has 0 aromatic heterocycles. The predicted octanol–water partition coefficient (Wildman–Crippen LogP) is 2.96. The van der Waals surface area contributed by atoms with Gasteiger partial charge in [0.05, 0.1) is 6.61 Å². The Balaban J connectivity index is 2.28. The Bertz CT molecular complexity index is 252. The largest absolute Gasteiger partial charge is 0.493 e. The highest BCUT2D eigenvalue weighted by Gasteiger charge is 1.94. The molecule has 0 unspecified atom stereocenters. The average Bonchev–Trinajstić information content (AvgIpc) is 2.13. The van der Waals surface area contributed by atoms with Crippen molar-refractivity contribution in [2.24, 2.45) is 0 Å². The van der Waals surface area contributed by atoms with E-state index in [0.717, 1.165) is 12.2 Å². The van der Waals surface area contributed by atoms with Gasteiger partial charge in [0, 0.05) is 6.07 Å². The summed E-state index contributed by atoms with van der Waals surface area (Å²) < 4.78 is 18.0. The maximum atomic E-state index is 12.7. The number of benzene rings is 1. The van der Waals surface area contributed by atoms with Crippen molar-refractivity contribution in [1.29, 1.82) is 0 Å². The van der Waals surface area contributed by atoms with Gasteiger partial charge in [-0.3, -0.25) is 0 Å². The van der Waals surface area contributed by atoms with Crippen LogP contribution in [0.4, 0.5) is 4.39 Å². The van der Waals surface area contributed by atoms with E-state index in [1.807, 2.05) is 0 Å². The first-order valence-corrected chi connectivity index (χ1v) is 5.59. The monoisotopic (exact) mass is 200 g/mol. The van der Waals surface area contributed by atoms with E-state index in [-0.39, 0.29) is 5.82 Å². The van der Waals surface area contributed by atoms with E-state index in [4.69, 9.17) is 4.74 Å². The summed E-state index contributed by atoms with van der Waals surface area (Å²) in [5, 5.41) is 0. The fourth-order valence-electron chi connectivity index (χ4n) is 0.950. The first-order chi connectivity index (χ1) is 6.33. The van der Waals surface area contributed by atoms with Gasteiger partial charge >= 0.3 is 0 Å². The van der Waals surface area contributed by atoms with Crippen molar-refractivity contribution >= 4 is 11.8 Å². The molecule has 0 bridgehead atoms. The molecule has 0 spiro atoms. The number of thioether (sulfide) groups is 1. The molecule has 13 heavy (non-hydrogen) atoms. The molecule has 0 radical (unpaired) electrons. The third kappa shape index (κ3) is 4.18. The van der Waals surface area contributed by atoms with E-state index >= 15 is 0 Å². The van der Waals surface area contributed by atoms with Crippen LogP contribution in [-0.2, 0) is 0 Å². The van der Waals surface area contributed by atoms with Crippen LogP contribution in [0.5, 0.6) is 5.75 Å². The van der Waals surface area contributed by atoms with E-state index in [0.29, 0.717) is 12.4 Å². The van der Waals surface area contributed by atoms with Crippen LogP contribution in [0.1, 0.15) is 6.42 Å². The number of halogens is 1. The molecule has 0 saturated carbocycles. The second kappa shape index (κ2) is 5.86. The summed E-state index contributed by atoms with van der Waals surface area (Å²) in [6.45, 7) is 0.657. The molecule has 0 aliphatic rings. The lowest BCUT2D eigenvalue weighted by Gasteiger charge is -2.04. The van der Waals surface area contributed by atoms with Crippen molar-refractivity contribution in [3.8, 4) is 5.75 Å². The fraction of sp³-hybridized carbons (Fsp3) is 0.400. The molecule has 1 nitrogen and oxygen atoms in total. The summed E-state index contributed by atoms with van der Waals surface area (Å²) in [6.07, 6.45) is 3.06. The molecule has 0 saturated heterocycles. The molecule has 0 N–H and O–H groups in total. The maximum absolute atomic E-state index is 12.7. The first kappa shape index (κ1) is 10.4. The number of ether oxygens (including phenoxy) is 1. The summed E-state index contributed by atoms with van der Waals surface area (Å²) in [5.74, 6) is 1.44. The zero-order chi connectivity index (χ0) is 9.52. The highest BCUT2D eigenvalue weighted by Crippen LogP contribution is 2.12. The molecule has 0 atom stereocenters. The van der Waals surface area contributed by atoms with Gasteiger partial charge in [0.25, 0.3) is 0 Å². The molecule has 0 aliphatic heterocycles. The average molecular weight is 200 g/mol. The van der Waals surface area contributed by atoms with Gasteiger partial charge in [0.1, 0.15) is 11.6 Å². The normalized spacial score (nSPS) is 10.0. The highest BCUT2D eigenvalue weighted by atomic mass is 32.2. The molecule has 72 valence electrons. The lowest BCUT2D eigenvalue weighted by molar-refractivity contribution is 0.317. The quantitative estimate of drug-likeness (QED) is 0.676. The zero-order valence-electron chi connectivity index (χ0n) is 7.63. The van der Waals surface area contributed by atoms with Crippen LogP contribution in [0, 0.1) is 5.82 Å². The minimum Gasteiger partial charge on any atom is -0.493 e. The van der Waals surface area contributed by atoms with Gasteiger partial charge in [-0.15, -0.1) is 0 Å². The number of rotatable bonds is 5. The molecule has 1 aromatic rings. The van der Waals surface area contributed by atoms with Gasteiger partial charge < -0.3 is 4.74 Å². The lowest BCUT2D eigenvalue weighted by atomic mass is 10.3. The minimum absolute atomic E-state index is 0.248. The van der Waals surface area contributed by atoms with Crippen molar-refractivity contribution in [3.05, 3.63) is 30.1 Å². The zero-order valence-corrected chi connectivity index (χ0v) is 8.44. The fourth-order valence-corrected chi connectivity index (χ4v) is 1.36. The van der Waals surface area contributed by atoms with Gasteiger partial charge in [0.15, 0.2) is 0 Å². The minimum atomic E-state index is -0.248. The van der Waals surface area contributed by atoms with E-state index in [9.17, 15) is 4.39 Å². The molecular formula is C10H13FOS. The van der Waals surface area contributed by atoms with Crippen LogP contribution in [0.2, 0.25) is 0 Å². The van der Waals surface area contributed by atoms with Crippen LogP contribution < -0.4 is 4.74 Å². The second-order valence-corrected chi connectivity index (χ2v) is 3.64. The van der Waals surface area contributed by atoms with Crippen LogP contribution in [0.25, 0.3) is 0 Å². The van der Waals surface area contributed by atoms with E-state index in [1.54, 1.807) is 23.9 Å². The second-order valence-electron chi connectivity index (χ2n) is 2.65. The molecule has 0 heterocycles. The third-order valence-corrected chi connectivity index (χ3v) is 2.25. The third-order valence-electron chi connectivity index (χ3n) is 1.56. The smallest absolute Gasteiger partial charge is 0.126 e. The number of hydrogen-bond donors (Lipinski definition) is 0. The van der Waals surface area contributed by atoms with Gasteiger partial charge in [-0.05, 0) is 30.6 Å². The Morgan fingerprint density at radius 2 is 2.31 bits per heavy atom. The van der Waals surface area contributed by atoms with Gasteiger partial charge in [-0.25, -0.2) is 4.39 Å². The molecule has 1 aromatic carbocycles. The Morgan fingerprint density at radius 1 is 1.46 bits per heavy atom. The van der Waals surface area contributed by atoms with Gasteiger partial charge in [-0.2, -0.15) is 11.8 Å². The Morgan fingerprint density at radius 3 is 3.00 bits per heavy atom. The summed E-state index contributed by atoms with van der Waals surface area (Å²) in [5.41, 5.74) is 0. The predicted molar refractivity (Wildman–Crippen MR) is 54.9 cm³/mol. The summed E-state index contributed by atoms with van der Waals surface area (Å²) in [4.78, 5) is 0. The van der Waals surface area contributed by atoms with Crippen LogP contribution in [0.15, 0.2) is 24.3 Å². The SMILES string of the molecule is CSCCCOc1cccc(F)c1. The molecule has 1 rings (SSSR count). The molecule has 0 aliphatic carbocycles. The van der Waals surface area contributed by atoms with Gasteiger partial charge in [0.2, 0.25) is 0 Å². The molecule has 0 fully saturated rings. The van der Waals surface area contributed by atoms with E-state index in [1.165, 1.54) is 12.1 Å². The lowest BCUT2D eigenvalue weighted by Crippen LogP contribution is -1.98. The maximum Gasteiger partial charge on any atom is 0.126 e. The van der Waals surface area contributed by atoms with Crippen molar-refractivity contribution < 1.29 is 9.13 Å². The Labute approximate surface area is 82.3 Å². The standard InChI is InChI=1S/C10H13FOS/c1-13-7-3-6-12-10-5-2-4-9(11)8-10/h2,4-5,8H,3,6-7H2,1H3. The van der Waals surface area contributed by atoms with Crippen molar-refractivity contribution in [3.63, 3.8) is 0 Å². The summed E-state index contributed by atoms with van der Waals surface area (Å²) in [6, 6.07) is 6.23. The topological polar surface area (TPSA) is 9.23 Å². The first-order valence-electron chi connectivity index (χ1n) is 4.20.